The second-order valence-corrected chi connectivity index (χ2v) is 6.77. The van der Waals surface area contributed by atoms with Gasteiger partial charge in [0.05, 0.1) is 12.0 Å². The third-order valence-corrected chi connectivity index (χ3v) is 4.79. The van der Waals surface area contributed by atoms with E-state index in [-0.39, 0.29) is 11.4 Å². The normalized spacial score (nSPS) is 11.4. The highest BCUT2D eigenvalue weighted by atomic mass is 35.5. The lowest BCUT2D eigenvalue weighted by atomic mass is 10.1. The summed E-state index contributed by atoms with van der Waals surface area (Å²) < 4.78 is 32.0. The van der Waals surface area contributed by atoms with Crippen LogP contribution in [0.3, 0.4) is 0 Å². The van der Waals surface area contributed by atoms with E-state index in [2.05, 4.69) is 4.72 Å². The van der Waals surface area contributed by atoms with Crippen LogP contribution in [0.25, 0.3) is 0 Å². The molecule has 0 heterocycles. The number of nitrogens with one attached hydrogen (secondary N) is 1. The molecule has 0 amide bonds. The van der Waals surface area contributed by atoms with E-state index < -0.39 is 10.0 Å². The maximum absolute atomic E-state index is 12.2. The standard InChI is InChI=1S/C15H16ClNO3S/c1-11-3-4-13(16)9-12(11)10-17-21(18,19)15-7-5-14(20-2)6-8-15/h3-9,17H,10H2,1-2H3. The summed E-state index contributed by atoms with van der Waals surface area (Å²) in [7, 11) is -2.03. The lowest BCUT2D eigenvalue weighted by molar-refractivity contribution is 0.414. The summed E-state index contributed by atoms with van der Waals surface area (Å²) >= 11 is 5.93. The Morgan fingerprint density at radius 2 is 1.81 bits per heavy atom. The fourth-order valence-electron chi connectivity index (χ4n) is 1.84. The molecule has 0 atom stereocenters. The van der Waals surface area contributed by atoms with E-state index in [9.17, 15) is 8.42 Å². The van der Waals surface area contributed by atoms with Crippen molar-refractivity contribution in [1.29, 1.82) is 0 Å². The van der Waals surface area contributed by atoms with Gasteiger partial charge in [-0.1, -0.05) is 17.7 Å². The average Bonchev–Trinajstić information content (AvgIpc) is 2.48. The molecule has 0 aromatic heterocycles. The predicted octanol–water partition coefficient (Wildman–Crippen LogP) is 3.14. The molecule has 6 heteroatoms. The lowest BCUT2D eigenvalue weighted by Gasteiger charge is -2.10. The average molecular weight is 326 g/mol. The van der Waals surface area contributed by atoms with Crippen LogP contribution in [0.4, 0.5) is 0 Å². The summed E-state index contributed by atoms with van der Waals surface area (Å²) in [4.78, 5) is 0.197. The largest absolute Gasteiger partial charge is 0.497 e. The minimum Gasteiger partial charge on any atom is -0.497 e. The quantitative estimate of drug-likeness (QED) is 0.918. The van der Waals surface area contributed by atoms with Gasteiger partial charge in [-0.05, 0) is 54.4 Å². The predicted molar refractivity (Wildman–Crippen MR) is 83.2 cm³/mol. The molecule has 21 heavy (non-hydrogen) atoms. The van der Waals surface area contributed by atoms with Crippen molar-refractivity contribution in [1.82, 2.24) is 4.72 Å². The van der Waals surface area contributed by atoms with Crippen LogP contribution < -0.4 is 9.46 Å². The Morgan fingerprint density at radius 3 is 2.43 bits per heavy atom. The molecule has 2 aromatic rings. The van der Waals surface area contributed by atoms with E-state index in [0.29, 0.717) is 10.8 Å². The zero-order chi connectivity index (χ0) is 15.5. The highest BCUT2D eigenvalue weighted by Crippen LogP contribution is 2.18. The highest BCUT2D eigenvalue weighted by Gasteiger charge is 2.14. The van der Waals surface area contributed by atoms with Crippen LogP contribution in [0.1, 0.15) is 11.1 Å². The maximum Gasteiger partial charge on any atom is 0.240 e. The molecule has 112 valence electrons. The Balaban J connectivity index is 2.15. The van der Waals surface area contributed by atoms with Crippen LogP contribution in [0, 0.1) is 6.92 Å². The number of rotatable bonds is 5. The molecule has 0 saturated carbocycles. The zero-order valence-corrected chi connectivity index (χ0v) is 13.3. The minimum atomic E-state index is -3.56. The van der Waals surface area contributed by atoms with Gasteiger partial charge in [0.25, 0.3) is 0 Å². The number of benzene rings is 2. The van der Waals surface area contributed by atoms with Crippen LogP contribution in [0.15, 0.2) is 47.4 Å². The number of methoxy groups -OCH3 is 1. The van der Waals surface area contributed by atoms with Gasteiger partial charge < -0.3 is 4.74 Å². The molecule has 0 aliphatic heterocycles. The number of aryl methyl sites for hydroxylation is 1. The molecular formula is C15H16ClNO3S. The number of halogens is 1. The van der Waals surface area contributed by atoms with E-state index in [0.717, 1.165) is 11.1 Å². The van der Waals surface area contributed by atoms with Gasteiger partial charge in [-0.15, -0.1) is 0 Å². The van der Waals surface area contributed by atoms with E-state index in [1.807, 2.05) is 13.0 Å². The SMILES string of the molecule is COc1ccc(S(=O)(=O)NCc2cc(Cl)ccc2C)cc1. The smallest absolute Gasteiger partial charge is 0.240 e. The number of sulfonamides is 1. The van der Waals surface area contributed by atoms with Gasteiger partial charge in [0.15, 0.2) is 0 Å². The second kappa shape index (κ2) is 6.47. The van der Waals surface area contributed by atoms with Crippen molar-refractivity contribution >= 4 is 21.6 Å². The third-order valence-electron chi connectivity index (χ3n) is 3.13. The zero-order valence-electron chi connectivity index (χ0n) is 11.8. The van der Waals surface area contributed by atoms with Gasteiger partial charge in [0.1, 0.15) is 5.75 Å². The topological polar surface area (TPSA) is 55.4 Å². The Hall–Kier alpha value is -1.56. The lowest BCUT2D eigenvalue weighted by Crippen LogP contribution is -2.23. The molecule has 0 radical (unpaired) electrons. The van der Waals surface area contributed by atoms with Crippen molar-refractivity contribution < 1.29 is 13.2 Å². The van der Waals surface area contributed by atoms with E-state index in [4.69, 9.17) is 16.3 Å². The van der Waals surface area contributed by atoms with Crippen LogP contribution in [-0.4, -0.2) is 15.5 Å². The summed E-state index contributed by atoms with van der Waals surface area (Å²) in [6, 6.07) is 11.6. The summed E-state index contributed by atoms with van der Waals surface area (Å²) in [6.45, 7) is 2.11. The molecule has 0 spiro atoms. The second-order valence-electron chi connectivity index (χ2n) is 4.57. The van der Waals surface area contributed by atoms with Gasteiger partial charge in [0.2, 0.25) is 10.0 Å². The molecule has 0 unspecified atom stereocenters. The Labute approximate surface area is 129 Å². The Bertz CT molecular complexity index is 727. The van der Waals surface area contributed by atoms with Crippen molar-refractivity contribution in [2.45, 2.75) is 18.4 Å². The van der Waals surface area contributed by atoms with Gasteiger partial charge in [-0.3, -0.25) is 0 Å². The molecule has 0 bridgehead atoms. The summed E-state index contributed by atoms with van der Waals surface area (Å²) in [5.41, 5.74) is 1.83. The van der Waals surface area contributed by atoms with E-state index >= 15 is 0 Å². The van der Waals surface area contributed by atoms with Crippen LogP contribution in [0.2, 0.25) is 5.02 Å². The van der Waals surface area contributed by atoms with E-state index in [1.54, 1.807) is 24.3 Å². The molecule has 1 N–H and O–H groups in total. The molecule has 4 nitrogen and oxygen atoms in total. The van der Waals surface area contributed by atoms with Crippen molar-refractivity contribution in [2.24, 2.45) is 0 Å². The van der Waals surface area contributed by atoms with Crippen LogP contribution in [0.5, 0.6) is 5.75 Å². The molecule has 0 aliphatic rings. The van der Waals surface area contributed by atoms with Crippen molar-refractivity contribution in [3.63, 3.8) is 0 Å². The van der Waals surface area contributed by atoms with Gasteiger partial charge in [0, 0.05) is 11.6 Å². The van der Waals surface area contributed by atoms with E-state index in [1.165, 1.54) is 19.2 Å². The third kappa shape index (κ3) is 3.97. The van der Waals surface area contributed by atoms with Gasteiger partial charge in [-0.25, -0.2) is 13.1 Å². The molecule has 2 rings (SSSR count). The number of hydrogen-bond acceptors (Lipinski definition) is 3. The molecule has 0 fully saturated rings. The van der Waals surface area contributed by atoms with Gasteiger partial charge in [-0.2, -0.15) is 0 Å². The first-order valence-corrected chi connectivity index (χ1v) is 8.17. The Morgan fingerprint density at radius 1 is 1.14 bits per heavy atom. The van der Waals surface area contributed by atoms with Crippen molar-refractivity contribution in [2.75, 3.05) is 7.11 Å². The summed E-state index contributed by atoms with van der Waals surface area (Å²) in [5, 5.41) is 0.583. The van der Waals surface area contributed by atoms with Crippen molar-refractivity contribution in [3.8, 4) is 5.75 Å². The van der Waals surface area contributed by atoms with Gasteiger partial charge >= 0.3 is 0 Å². The molecule has 0 saturated heterocycles. The minimum absolute atomic E-state index is 0.195. The first kappa shape index (κ1) is 15.8. The first-order valence-electron chi connectivity index (χ1n) is 6.31. The Kier molecular flexibility index (Phi) is 4.88. The molecule has 0 aliphatic carbocycles. The van der Waals surface area contributed by atoms with Crippen LogP contribution in [-0.2, 0) is 16.6 Å². The highest BCUT2D eigenvalue weighted by molar-refractivity contribution is 7.89. The maximum atomic E-state index is 12.2. The molecule has 2 aromatic carbocycles. The van der Waals surface area contributed by atoms with Crippen molar-refractivity contribution in [3.05, 3.63) is 58.6 Å². The summed E-state index contributed by atoms with van der Waals surface area (Å²) in [5.74, 6) is 0.611. The first-order chi connectivity index (χ1) is 9.92. The van der Waals surface area contributed by atoms with Crippen LogP contribution >= 0.6 is 11.6 Å². The fourth-order valence-corrected chi connectivity index (χ4v) is 3.04. The fraction of sp³-hybridized carbons (Fsp3) is 0.200. The number of hydrogen-bond donors (Lipinski definition) is 1. The summed E-state index contributed by atoms with van der Waals surface area (Å²) in [6.07, 6.45) is 0. The monoisotopic (exact) mass is 325 g/mol. The number of ether oxygens (including phenoxy) is 1. The molecular weight excluding hydrogens is 310 g/mol.